The number of aliphatic carboxylic acids is 1. The van der Waals surface area contributed by atoms with E-state index < -0.39 is 12.1 Å². The lowest BCUT2D eigenvalue weighted by Crippen LogP contribution is -2.35. The number of rotatable bonds is 0. The second-order valence-electron chi connectivity index (χ2n) is 5.88. The number of phenols is 2. The molecule has 0 spiro atoms. The molecule has 0 amide bonds. The van der Waals surface area contributed by atoms with Crippen LogP contribution in [-0.4, -0.2) is 52.0 Å². The molecule has 1 aromatic carbocycles. The van der Waals surface area contributed by atoms with Gasteiger partial charge in [-0.05, 0) is 50.4 Å². The lowest BCUT2D eigenvalue weighted by Gasteiger charge is -2.31. The number of carbonyl (C=O) groups is 1. The average Bonchev–Trinajstić information content (AvgIpc) is 2.82. The molecule has 8 heteroatoms. The Morgan fingerprint density at radius 3 is 2.43 bits per heavy atom. The van der Waals surface area contributed by atoms with Crippen LogP contribution in [0, 0.1) is 5.92 Å². The Labute approximate surface area is 131 Å². The van der Waals surface area contributed by atoms with Gasteiger partial charge in [-0.25, -0.2) is 4.79 Å². The minimum atomic E-state index is -5.08. The van der Waals surface area contributed by atoms with Crippen molar-refractivity contribution < 1.29 is 33.3 Å². The fourth-order valence-corrected chi connectivity index (χ4v) is 3.22. The Morgan fingerprint density at radius 2 is 1.87 bits per heavy atom. The standard InChI is InChI=1S/C13H17NO2.C2HF3O2/c1-14-5-4-9-6-10-8(7-11(9)14)2-3-12(15)13(10)16;3-2(4,5)1(6)7/h2-3,9,11,15-16H,4-7H2,1H3;(H,6,7)/t9-,11-;/m1./s1. The summed E-state index contributed by atoms with van der Waals surface area (Å²) >= 11 is 0. The van der Waals surface area contributed by atoms with E-state index in [0.717, 1.165) is 24.9 Å². The highest BCUT2D eigenvalue weighted by molar-refractivity contribution is 5.73. The molecule has 0 aromatic heterocycles. The molecule has 0 unspecified atom stereocenters. The summed E-state index contributed by atoms with van der Waals surface area (Å²) in [6.45, 7) is 1.15. The van der Waals surface area contributed by atoms with Gasteiger partial charge in [-0.15, -0.1) is 0 Å². The minimum Gasteiger partial charge on any atom is -0.504 e. The first-order valence-electron chi connectivity index (χ1n) is 7.14. The zero-order valence-electron chi connectivity index (χ0n) is 12.5. The molecule has 1 heterocycles. The summed E-state index contributed by atoms with van der Waals surface area (Å²) in [5, 5.41) is 26.5. The summed E-state index contributed by atoms with van der Waals surface area (Å²) in [6.07, 6.45) is -1.97. The zero-order valence-corrected chi connectivity index (χ0v) is 12.5. The van der Waals surface area contributed by atoms with Gasteiger partial charge >= 0.3 is 12.1 Å². The molecular formula is C15H18F3NO4. The van der Waals surface area contributed by atoms with Gasteiger partial charge in [0.15, 0.2) is 11.5 Å². The lowest BCUT2D eigenvalue weighted by molar-refractivity contribution is -0.192. The van der Waals surface area contributed by atoms with Crippen molar-refractivity contribution >= 4 is 5.97 Å². The molecule has 128 valence electrons. The van der Waals surface area contributed by atoms with Crippen LogP contribution in [0.1, 0.15) is 17.5 Å². The lowest BCUT2D eigenvalue weighted by atomic mass is 9.80. The van der Waals surface area contributed by atoms with Crippen LogP contribution in [0.4, 0.5) is 13.2 Å². The molecule has 5 nitrogen and oxygen atoms in total. The summed E-state index contributed by atoms with van der Waals surface area (Å²) in [7, 11) is 2.18. The SMILES string of the molecule is CN1CC[C@@H]2Cc3c(ccc(O)c3O)C[C@H]21.O=C(O)C(F)(F)F. The second-order valence-corrected chi connectivity index (χ2v) is 5.88. The van der Waals surface area contributed by atoms with Crippen LogP contribution in [-0.2, 0) is 17.6 Å². The number of hydrogen-bond donors (Lipinski definition) is 3. The molecule has 3 N–H and O–H groups in total. The van der Waals surface area contributed by atoms with Gasteiger partial charge in [-0.3, -0.25) is 0 Å². The highest BCUT2D eigenvalue weighted by Crippen LogP contribution is 2.41. The van der Waals surface area contributed by atoms with Gasteiger partial charge < -0.3 is 20.2 Å². The van der Waals surface area contributed by atoms with Crippen molar-refractivity contribution in [3.05, 3.63) is 23.3 Å². The van der Waals surface area contributed by atoms with E-state index in [1.807, 2.05) is 6.07 Å². The average molecular weight is 333 g/mol. The van der Waals surface area contributed by atoms with Crippen LogP contribution in [0.15, 0.2) is 12.1 Å². The number of aromatic hydroxyl groups is 2. The van der Waals surface area contributed by atoms with Gasteiger partial charge in [0.25, 0.3) is 0 Å². The third-order valence-corrected chi connectivity index (χ3v) is 4.46. The predicted octanol–water partition coefficient (Wildman–Crippen LogP) is 2.15. The van der Waals surface area contributed by atoms with Crippen LogP contribution in [0.3, 0.4) is 0 Å². The molecule has 0 saturated carbocycles. The highest BCUT2D eigenvalue weighted by Gasteiger charge is 2.38. The van der Waals surface area contributed by atoms with Gasteiger partial charge in [-0.2, -0.15) is 13.2 Å². The maximum absolute atomic E-state index is 10.6. The molecule has 1 aliphatic heterocycles. The van der Waals surface area contributed by atoms with Crippen LogP contribution in [0.5, 0.6) is 11.5 Å². The largest absolute Gasteiger partial charge is 0.504 e. The maximum Gasteiger partial charge on any atom is 0.490 e. The number of alkyl halides is 3. The van der Waals surface area contributed by atoms with Crippen LogP contribution < -0.4 is 0 Å². The summed E-state index contributed by atoms with van der Waals surface area (Å²) in [6, 6.07) is 4.17. The molecule has 2 atom stereocenters. The molecule has 23 heavy (non-hydrogen) atoms. The van der Waals surface area contributed by atoms with E-state index in [-0.39, 0.29) is 11.5 Å². The van der Waals surface area contributed by atoms with E-state index in [1.54, 1.807) is 6.07 Å². The van der Waals surface area contributed by atoms with Crippen molar-refractivity contribution in [1.29, 1.82) is 0 Å². The molecule has 3 rings (SSSR count). The molecule has 1 aromatic rings. The molecule has 1 fully saturated rings. The van der Waals surface area contributed by atoms with Gasteiger partial charge in [-0.1, -0.05) is 6.07 Å². The minimum absolute atomic E-state index is 0.0172. The van der Waals surface area contributed by atoms with Crippen molar-refractivity contribution in [2.75, 3.05) is 13.6 Å². The van der Waals surface area contributed by atoms with Crippen LogP contribution in [0.25, 0.3) is 0 Å². The van der Waals surface area contributed by atoms with Crippen molar-refractivity contribution in [3.63, 3.8) is 0 Å². The van der Waals surface area contributed by atoms with E-state index in [4.69, 9.17) is 9.90 Å². The van der Waals surface area contributed by atoms with Crippen LogP contribution in [0.2, 0.25) is 0 Å². The Balaban J connectivity index is 0.000000236. The third kappa shape index (κ3) is 3.69. The number of likely N-dealkylation sites (tertiary alicyclic amines) is 1. The number of carboxylic acid groups (broad SMARTS) is 1. The molecule has 1 saturated heterocycles. The second kappa shape index (κ2) is 6.27. The topological polar surface area (TPSA) is 81.0 Å². The van der Waals surface area contributed by atoms with Gasteiger partial charge in [0, 0.05) is 11.6 Å². The van der Waals surface area contributed by atoms with Gasteiger partial charge in [0.05, 0.1) is 0 Å². The van der Waals surface area contributed by atoms with E-state index >= 15 is 0 Å². The maximum atomic E-state index is 10.6. The van der Waals surface area contributed by atoms with Crippen LogP contribution >= 0.6 is 0 Å². The number of nitrogens with zero attached hydrogens (tertiary/aromatic N) is 1. The molecular weight excluding hydrogens is 315 g/mol. The quantitative estimate of drug-likeness (QED) is 0.634. The Hall–Kier alpha value is -1.96. The monoisotopic (exact) mass is 333 g/mol. The summed E-state index contributed by atoms with van der Waals surface area (Å²) in [5.41, 5.74) is 2.17. The smallest absolute Gasteiger partial charge is 0.490 e. The number of hydrogen-bond acceptors (Lipinski definition) is 4. The predicted molar refractivity (Wildman–Crippen MR) is 75.4 cm³/mol. The van der Waals surface area contributed by atoms with Crippen molar-refractivity contribution in [3.8, 4) is 11.5 Å². The van der Waals surface area contributed by atoms with E-state index in [0.29, 0.717) is 12.0 Å². The summed E-state index contributed by atoms with van der Waals surface area (Å²) < 4.78 is 31.7. The Morgan fingerprint density at radius 1 is 1.26 bits per heavy atom. The van der Waals surface area contributed by atoms with E-state index in [9.17, 15) is 23.4 Å². The number of fused-ring (bicyclic) bond motifs is 2. The van der Waals surface area contributed by atoms with Gasteiger partial charge in [0.2, 0.25) is 0 Å². The zero-order chi connectivity index (χ0) is 17.4. The molecule has 0 bridgehead atoms. The first-order chi connectivity index (χ1) is 10.6. The number of carboxylic acids is 1. The fourth-order valence-electron chi connectivity index (χ4n) is 3.22. The Kier molecular flexibility index (Phi) is 4.74. The molecule has 0 radical (unpaired) electrons. The molecule has 2 aliphatic rings. The van der Waals surface area contributed by atoms with Crippen molar-refractivity contribution in [2.45, 2.75) is 31.5 Å². The van der Waals surface area contributed by atoms with Gasteiger partial charge in [0.1, 0.15) is 0 Å². The van der Waals surface area contributed by atoms with Crippen molar-refractivity contribution in [2.24, 2.45) is 5.92 Å². The molecule has 1 aliphatic carbocycles. The highest BCUT2D eigenvalue weighted by atomic mass is 19.4. The first-order valence-corrected chi connectivity index (χ1v) is 7.14. The number of phenolic OH excluding ortho intramolecular Hbond substituents is 2. The van der Waals surface area contributed by atoms with E-state index in [2.05, 4.69) is 11.9 Å². The number of halogens is 3. The summed E-state index contributed by atoms with van der Waals surface area (Å²) in [5.74, 6) is -1.99. The normalized spacial score (nSPS) is 23.5. The third-order valence-electron chi connectivity index (χ3n) is 4.46. The number of likely N-dealkylation sites (N-methyl/N-ethyl adjacent to an activating group) is 1. The fraction of sp³-hybridized carbons (Fsp3) is 0.533. The Bertz CT molecular complexity index is 603. The number of benzene rings is 1. The van der Waals surface area contributed by atoms with E-state index in [1.165, 1.54) is 12.0 Å². The first kappa shape index (κ1) is 17.4. The van der Waals surface area contributed by atoms with Crippen molar-refractivity contribution in [1.82, 2.24) is 4.90 Å². The summed E-state index contributed by atoms with van der Waals surface area (Å²) in [4.78, 5) is 11.3.